The van der Waals surface area contributed by atoms with Gasteiger partial charge in [-0.1, -0.05) is 37.6 Å². The Morgan fingerprint density at radius 2 is 1.53 bits per heavy atom. The van der Waals surface area contributed by atoms with Crippen molar-refractivity contribution in [2.75, 3.05) is 23.9 Å². The van der Waals surface area contributed by atoms with Gasteiger partial charge in [-0.3, -0.25) is 0 Å². The molecule has 0 spiro atoms. The maximum atomic E-state index is 15.2. The molecule has 2 aliphatic rings. The van der Waals surface area contributed by atoms with Gasteiger partial charge in [0.25, 0.3) is 0 Å². The molecule has 4 rings (SSSR count). The molecule has 0 radical (unpaired) electrons. The highest BCUT2D eigenvalue weighted by Crippen LogP contribution is 2.50. The second-order valence-corrected chi connectivity index (χ2v) is 13.9. The number of allylic oxidation sites excluding steroid dienone is 2. The van der Waals surface area contributed by atoms with E-state index in [4.69, 9.17) is 4.74 Å². The van der Waals surface area contributed by atoms with E-state index >= 15 is 8.78 Å². The van der Waals surface area contributed by atoms with Gasteiger partial charge in [0, 0.05) is 21.9 Å². The summed E-state index contributed by atoms with van der Waals surface area (Å²) in [6, 6.07) is 5.41. The molecule has 0 bridgehead atoms. The minimum atomic E-state index is -1.23. The molecule has 1 nitrogen and oxygen atoms in total. The molecule has 2 aliphatic heterocycles. The van der Waals surface area contributed by atoms with Gasteiger partial charge in [-0.25, -0.2) is 13.2 Å². The van der Waals surface area contributed by atoms with Gasteiger partial charge >= 0.3 is 0 Å². The van der Waals surface area contributed by atoms with Gasteiger partial charge in [-0.2, -0.15) is 16.2 Å². The largest absolute Gasteiger partial charge is 0.490 e. The van der Waals surface area contributed by atoms with E-state index in [2.05, 4.69) is 30.8 Å². The quantitative estimate of drug-likeness (QED) is 0.156. The van der Waals surface area contributed by atoms with Crippen LogP contribution in [0.3, 0.4) is 0 Å². The van der Waals surface area contributed by atoms with Gasteiger partial charge in [-0.15, -0.1) is 23.5 Å². The maximum Gasteiger partial charge on any atom is 0.201 e. The van der Waals surface area contributed by atoms with E-state index in [1.165, 1.54) is 49.3 Å². The predicted octanol–water partition coefficient (Wildman–Crippen LogP) is 10.1. The van der Waals surface area contributed by atoms with E-state index in [1.807, 2.05) is 6.92 Å². The smallest absolute Gasteiger partial charge is 0.201 e. The summed E-state index contributed by atoms with van der Waals surface area (Å²) in [6.07, 6.45) is 10.8. The summed E-state index contributed by atoms with van der Waals surface area (Å²) in [7, 11) is 0. The molecule has 0 aliphatic carbocycles. The molecule has 0 N–H and O–H groups in total. The molecule has 8 heteroatoms. The summed E-state index contributed by atoms with van der Waals surface area (Å²) in [4.78, 5) is 0. The summed E-state index contributed by atoms with van der Waals surface area (Å²) in [6.45, 7) is 4.29. The Morgan fingerprint density at radius 1 is 0.842 bits per heavy atom. The molecule has 1 unspecified atom stereocenters. The predicted molar refractivity (Wildman–Crippen MR) is 156 cm³/mol. The standard InChI is InChI=1S/C30H36F4OS3/c1-3-5-7-8-21-10-9-19(16-36-21)20-17-37-30(38-18-20)24-12-11-22(26(31)28(24)33)23-13-14-25(29(34)27(23)32)35-15-6-4-2/h3,5,11-14,19-21,30H,4,6-10,15-18H2,1-2H3/t19-,20?,21?,30?/m1/s1. The van der Waals surface area contributed by atoms with Crippen molar-refractivity contribution < 1.29 is 22.3 Å². The number of benzene rings is 2. The van der Waals surface area contributed by atoms with Gasteiger partial charge in [0.1, 0.15) is 0 Å². The van der Waals surface area contributed by atoms with Crippen LogP contribution in [0, 0.1) is 35.1 Å². The van der Waals surface area contributed by atoms with Crippen molar-refractivity contribution in [1.82, 2.24) is 0 Å². The highest BCUT2D eigenvalue weighted by Gasteiger charge is 2.34. The van der Waals surface area contributed by atoms with Crippen LogP contribution in [0.15, 0.2) is 36.4 Å². The molecule has 208 valence electrons. The van der Waals surface area contributed by atoms with Crippen LogP contribution in [0.2, 0.25) is 0 Å². The molecule has 0 saturated carbocycles. The number of hydrogen-bond donors (Lipinski definition) is 0. The highest BCUT2D eigenvalue weighted by molar-refractivity contribution is 8.16. The van der Waals surface area contributed by atoms with Crippen LogP contribution >= 0.6 is 35.3 Å². The number of hydrogen-bond acceptors (Lipinski definition) is 4. The highest BCUT2D eigenvalue weighted by atomic mass is 32.2. The molecular formula is C30H36F4OS3. The summed E-state index contributed by atoms with van der Waals surface area (Å²) in [5.41, 5.74) is -0.312. The fraction of sp³-hybridized carbons (Fsp3) is 0.533. The summed E-state index contributed by atoms with van der Waals surface area (Å²) in [5.74, 6) is -0.477. The molecule has 2 heterocycles. The van der Waals surface area contributed by atoms with Crippen LogP contribution in [0.5, 0.6) is 5.75 Å². The third-order valence-electron chi connectivity index (χ3n) is 7.35. The Bertz CT molecular complexity index is 1090. The minimum absolute atomic E-state index is 0.212. The van der Waals surface area contributed by atoms with Crippen LogP contribution in [-0.2, 0) is 0 Å². The lowest BCUT2D eigenvalue weighted by Crippen LogP contribution is -2.29. The van der Waals surface area contributed by atoms with Crippen LogP contribution < -0.4 is 4.74 Å². The van der Waals surface area contributed by atoms with Crippen molar-refractivity contribution in [2.45, 2.75) is 62.2 Å². The molecule has 2 aromatic rings. The topological polar surface area (TPSA) is 9.23 Å². The number of rotatable bonds is 10. The van der Waals surface area contributed by atoms with E-state index in [1.54, 1.807) is 23.5 Å². The Balaban J connectivity index is 1.37. The summed E-state index contributed by atoms with van der Waals surface area (Å²) in [5, 5.41) is 0.748. The van der Waals surface area contributed by atoms with Crippen molar-refractivity contribution in [1.29, 1.82) is 0 Å². The fourth-order valence-corrected chi connectivity index (χ4v) is 9.89. The van der Waals surface area contributed by atoms with Crippen molar-refractivity contribution in [3.05, 3.63) is 65.2 Å². The molecule has 0 aromatic heterocycles. The zero-order valence-electron chi connectivity index (χ0n) is 22.0. The van der Waals surface area contributed by atoms with Gasteiger partial charge in [-0.05, 0) is 80.3 Å². The van der Waals surface area contributed by atoms with Crippen molar-refractivity contribution in [2.24, 2.45) is 11.8 Å². The summed E-state index contributed by atoms with van der Waals surface area (Å²) >= 11 is 5.43. The molecular weight excluding hydrogens is 549 g/mol. The first-order valence-corrected chi connectivity index (χ1v) is 16.6. The SMILES string of the molecule is CC=CCCC1CC[C@@H](C2CSC(c3ccc(-c4ccc(OCCCC)c(F)c4F)c(F)c3F)SC2)CS1. The molecule has 0 amide bonds. The van der Waals surface area contributed by atoms with Gasteiger partial charge in [0.05, 0.1) is 11.2 Å². The van der Waals surface area contributed by atoms with Crippen molar-refractivity contribution in [3.63, 3.8) is 0 Å². The van der Waals surface area contributed by atoms with E-state index in [0.717, 1.165) is 29.6 Å². The third-order valence-corrected chi connectivity index (χ3v) is 12.1. The Morgan fingerprint density at radius 3 is 2.18 bits per heavy atom. The van der Waals surface area contributed by atoms with E-state index in [9.17, 15) is 8.78 Å². The molecule has 38 heavy (non-hydrogen) atoms. The lowest BCUT2D eigenvalue weighted by molar-refractivity contribution is 0.289. The minimum Gasteiger partial charge on any atom is -0.490 e. The Kier molecular flexibility index (Phi) is 11.3. The molecule has 2 atom stereocenters. The lowest BCUT2D eigenvalue weighted by atomic mass is 9.91. The third kappa shape index (κ3) is 7.08. The fourth-order valence-electron chi connectivity index (χ4n) is 4.98. The van der Waals surface area contributed by atoms with Crippen molar-refractivity contribution in [3.8, 4) is 16.9 Å². The zero-order valence-corrected chi connectivity index (χ0v) is 24.4. The molecule has 2 fully saturated rings. The average Bonchev–Trinajstić information content (AvgIpc) is 2.94. The van der Waals surface area contributed by atoms with E-state index in [0.29, 0.717) is 18.3 Å². The van der Waals surface area contributed by atoms with Crippen LogP contribution in [0.1, 0.15) is 62.5 Å². The monoisotopic (exact) mass is 584 g/mol. The second-order valence-electron chi connectivity index (χ2n) is 9.97. The molecule has 2 aromatic carbocycles. The number of unbranched alkanes of at least 4 members (excludes halogenated alkanes) is 1. The van der Waals surface area contributed by atoms with Crippen molar-refractivity contribution >= 4 is 35.3 Å². The normalized spacial score (nSPS) is 24.2. The average molecular weight is 585 g/mol. The molecule has 2 saturated heterocycles. The van der Waals surface area contributed by atoms with Crippen LogP contribution in [0.25, 0.3) is 11.1 Å². The lowest BCUT2D eigenvalue weighted by Gasteiger charge is -2.37. The first kappa shape index (κ1) is 29.7. The first-order valence-electron chi connectivity index (χ1n) is 13.5. The summed E-state index contributed by atoms with van der Waals surface area (Å²) < 4.78 is 64.8. The Hall–Kier alpha value is -1.25. The van der Waals surface area contributed by atoms with Gasteiger partial charge in [0.2, 0.25) is 5.82 Å². The first-order chi connectivity index (χ1) is 18.4. The number of thioether (sulfide) groups is 3. The van der Waals surface area contributed by atoms with Crippen LogP contribution in [0.4, 0.5) is 17.6 Å². The van der Waals surface area contributed by atoms with Gasteiger partial charge in [0.15, 0.2) is 23.2 Å². The van der Waals surface area contributed by atoms with E-state index < -0.39 is 23.3 Å². The van der Waals surface area contributed by atoms with Gasteiger partial charge < -0.3 is 4.74 Å². The second kappa shape index (κ2) is 14.4. The van der Waals surface area contributed by atoms with Crippen LogP contribution in [-0.4, -0.2) is 29.1 Å². The number of ether oxygens (including phenoxy) is 1. The maximum absolute atomic E-state index is 15.2. The Labute approximate surface area is 237 Å². The zero-order chi connectivity index (χ0) is 27.1. The number of halogens is 4. The van der Waals surface area contributed by atoms with E-state index in [-0.39, 0.29) is 33.6 Å².